The van der Waals surface area contributed by atoms with Crippen molar-refractivity contribution in [2.75, 3.05) is 0 Å². The summed E-state index contributed by atoms with van der Waals surface area (Å²) in [4.78, 5) is 40.4. The molecule has 0 aromatic rings. The van der Waals surface area contributed by atoms with Crippen LogP contribution in [0.3, 0.4) is 0 Å². The van der Waals surface area contributed by atoms with Crippen molar-refractivity contribution in [3.8, 4) is 0 Å². The fourth-order valence-corrected chi connectivity index (χ4v) is 5.49. The first-order valence-corrected chi connectivity index (χ1v) is 10.7. The Morgan fingerprint density at radius 3 is 1.40 bits per heavy atom. The summed E-state index contributed by atoms with van der Waals surface area (Å²) in [6, 6.07) is 0. The summed E-state index contributed by atoms with van der Waals surface area (Å²) in [5.74, 6) is -2.83. The van der Waals surface area contributed by atoms with Crippen molar-refractivity contribution in [3.05, 3.63) is 23.3 Å². The molecule has 1 heterocycles. The van der Waals surface area contributed by atoms with E-state index in [2.05, 4.69) is 0 Å². The zero-order valence-electron chi connectivity index (χ0n) is 20.3. The van der Waals surface area contributed by atoms with Crippen LogP contribution in [0, 0.1) is 33.0 Å². The molecule has 5 heteroatoms. The molecule has 166 valence electrons. The van der Waals surface area contributed by atoms with Crippen LogP contribution in [-0.2, 0) is 23.9 Å². The number of carbonyl (C=O) groups is 3. The van der Waals surface area contributed by atoms with Gasteiger partial charge < -0.3 is 9.47 Å². The van der Waals surface area contributed by atoms with Gasteiger partial charge in [0.25, 0.3) is 5.79 Å². The summed E-state index contributed by atoms with van der Waals surface area (Å²) >= 11 is 0. The number of esters is 2. The monoisotopic (exact) mass is 416 g/mol. The number of hydrogen-bond donors (Lipinski definition) is 0. The number of allylic oxidation sites excluding steroid dienone is 4. The minimum Gasteiger partial charge on any atom is -0.422 e. The highest BCUT2D eigenvalue weighted by atomic mass is 16.7. The lowest BCUT2D eigenvalue weighted by molar-refractivity contribution is -0.245. The average molecular weight is 417 g/mol. The quantitative estimate of drug-likeness (QED) is 0.411. The molecule has 30 heavy (non-hydrogen) atoms. The number of carbonyl (C=O) groups excluding carboxylic acids is 3. The molecule has 1 unspecified atom stereocenters. The maximum atomic E-state index is 13.5. The lowest BCUT2D eigenvalue weighted by Gasteiger charge is -2.37. The fourth-order valence-electron chi connectivity index (χ4n) is 5.49. The third-order valence-electron chi connectivity index (χ3n) is 6.57. The Bertz CT molecular complexity index is 839. The van der Waals surface area contributed by atoms with Crippen LogP contribution in [0.2, 0.25) is 0 Å². The SMILES string of the molecule is CC1(C)OC(=O)C2(C(=O)O1)C(C(C)(C)C)C21C=C(C(C)(C)C)C(=O)C(C(C)(C)C)=C1. The maximum absolute atomic E-state index is 13.5. The number of fused-ring (bicyclic) bond motifs is 1. The minimum absolute atomic E-state index is 0.0202. The molecule has 3 rings (SSSR count). The zero-order chi connectivity index (χ0) is 23.3. The Morgan fingerprint density at radius 2 is 1.10 bits per heavy atom. The Labute approximate surface area is 180 Å². The van der Waals surface area contributed by atoms with E-state index >= 15 is 0 Å². The fraction of sp³-hybridized carbons (Fsp3) is 0.720. The van der Waals surface area contributed by atoms with E-state index in [1.54, 1.807) is 13.8 Å². The third-order valence-corrected chi connectivity index (χ3v) is 6.57. The van der Waals surface area contributed by atoms with Crippen molar-refractivity contribution in [1.29, 1.82) is 0 Å². The predicted octanol–water partition coefficient (Wildman–Crippen LogP) is 5.00. The Morgan fingerprint density at radius 1 is 0.733 bits per heavy atom. The smallest absolute Gasteiger partial charge is 0.328 e. The first-order valence-electron chi connectivity index (χ1n) is 10.7. The Balaban J connectivity index is 2.36. The topological polar surface area (TPSA) is 69.7 Å². The van der Waals surface area contributed by atoms with E-state index in [9.17, 15) is 14.4 Å². The molecule has 2 fully saturated rings. The molecule has 1 saturated carbocycles. The molecule has 0 amide bonds. The van der Waals surface area contributed by atoms with Gasteiger partial charge in [0.1, 0.15) is 0 Å². The first-order chi connectivity index (χ1) is 13.2. The summed E-state index contributed by atoms with van der Waals surface area (Å²) in [5, 5.41) is 0. The van der Waals surface area contributed by atoms with Gasteiger partial charge in [-0.25, -0.2) is 0 Å². The van der Waals surface area contributed by atoms with E-state index in [1.165, 1.54) is 0 Å². The van der Waals surface area contributed by atoms with Gasteiger partial charge in [-0.3, -0.25) is 14.4 Å². The van der Waals surface area contributed by atoms with Crippen LogP contribution >= 0.6 is 0 Å². The highest BCUT2D eigenvalue weighted by Crippen LogP contribution is 2.79. The van der Waals surface area contributed by atoms with E-state index in [-0.39, 0.29) is 11.7 Å². The molecule has 0 radical (unpaired) electrons. The highest BCUT2D eigenvalue weighted by Gasteiger charge is 2.89. The molecule has 3 aliphatic rings. The number of hydrogen-bond acceptors (Lipinski definition) is 5. The number of ether oxygens (including phenoxy) is 2. The van der Waals surface area contributed by atoms with Crippen molar-refractivity contribution in [3.63, 3.8) is 0 Å². The molecular weight excluding hydrogens is 380 g/mol. The lowest BCUT2D eigenvalue weighted by atomic mass is 9.68. The number of rotatable bonds is 0. The molecule has 5 nitrogen and oxygen atoms in total. The van der Waals surface area contributed by atoms with Crippen LogP contribution in [0.15, 0.2) is 23.3 Å². The Kier molecular flexibility index (Phi) is 4.45. The maximum Gasteiger partial charge on any atom is 0.328 e. The Hall–Kier alpha value is -1.91. The summed E-state index contributed by atoms with van der Waals surface area (Å²) in [7, 11) is 0. The summed E-state index contributed by atoms with van der Waals surface area (Å²) in [5.41, 5.74) is -2.45. The minimum atomic E-state index is -1.48. The molecule has 1 atom stereocenters. The molecule has 1 aliphatic heterocycles. The second kappa shape index (κ2) is 5.86. The van der Waals surface area contributed by atoms with Gasteiger partial charge in [0.05, 0.1) is 0 Å². The largest absolute Gasteiger partial charge is 0.422 e. The van der Waals surface area contributed by atoms with Crippen LogP contribution in [0.4, 0.5) is 0 Å². The first kappa shape index (κ1) is 22.8. The van der Waals surface area contributed by atoms with Gasteiger partial charge in [0, 0.05) is 36.3 Å². The molecule has 2 spiro atoms. The van der Waals surface area contributed by atoms with Crippen LogP contribution in [0.1, 0.15) is 76.2 Å². The van der Waals surface area contributed by atoms with Crippen molar-refractivity contribution in [2.24, 2.45) is 33.0 Å². The van der Waals surface area contributed by atoms with Gasteiger partial charge in [-0.05, 0) is 16.2 Å². The molecule has 0 N–H and O–H groups in total. The van der Waals surface area contributed by atoms with E-state index < -0.39 is 44.8 Å². The van der Waals surface area contributed by atoms with Gasteiger partial charge in [0.15, 0.2) is 11.2 Å². The summed E-state index contributed by atoms with van der Waals surface area (Å²) in [6.45, 7) is 21.1. The highest BCUT2D eigenvalue weighted by molar-refractivity contribution is 6.14. The second-order valence-electron chi connectivity index (χ2n) is 12.7. The van der Waals surface area contributed by atoms with Gasteiger partial charge >= 0.3 is 11.9 Å². The van der Waals surface area contributed by atoms with E-state index in [1.807, 2.05) is 74.5 Å². The van der Waals surface area contributed by atoms with Crippen LogP contribution in [0.25, 0.3) is 0 Å². The third kappa shape index (κ3) is 2.91. The number of ketones is 1. The standard InChI is InChI=1S/C25H36O5/c1-20(2,3)14-12-24(13-15(16(14)26)21(4,5)6)17(22(7,8)9)25(24)18(27)29-23(10,11)30-19(25)28/h12-13,17H,1-11H3. The predicted molar refractivity (Wildman–Crippen MR) is 114 cm³/mol. The van der Waals surface area contributed by atoms with Crippen molar-refractivity contribution >= 4 is 17.7 Å². The normalized spacial score (nSPS) is 27.4. The van der Waals surface area contributed by atoms with E-state index in [0.29, 0.717) is 11.1 Å². The van der Waals surface area contributed by atoms with Crippen molar-refractivity contribution in [2.45, 2.75) is 81.9 Å². The molecule has 0 bridgehead atoms. The second-order valence-corrected chi connectivity index (χ2v) is 12.7. The number of cyclic esters (lactones) is 2. The lowest BCUT2D eigenvalue weighted by Crippen LogP contribution is -2.50. The van der Waals surface area contributed by atoms with Gasteiger partial charge in [0.2, 0.25) is 0 Å². The molecule has 2 aliphatic carbocycles. The van der Waals surface area contributed by atoms with E-state index in [0.717, 1.165) is 0 Å². The van der Waals surface area contributed by atoms with E-state index in [4.69, 9.17) is 9.47 Å². The van der Waals surface area contributed by atoms with Crippen molar-refractivity contribution in [1.82, 2.24) is 0 Å². The van der Waals surface area contributed by atoms with Gasteiger partial charge in [-0.15, -0.1) is 0 Å². The van der Waals surface area contributed by atoms with Gasteiger partial charge in [-0.1, -0.05) is 74.5 Å². The van der Waals surface area contributed by atoms with Crippen LogP contribution in [-0.4, -0.2) is 23.5 Å². The molecular formula is C25H36O5. The van der Waals surface area contributed by atoms with Crippen molar-refractivity contribution < 1.29 is 23.9 Å². The van der Waals surface area contributed by atoms with Gasteiger partial charge in [-0.2, -0.15) is 0 Å². The molecule has 1 saturated heterocycles. The zero-order valence-corrected chi connectivity index (χ0v) is 20.3. The molecule has 0 aromatic heterocycles. The average Bonchev–Trinajstić information content (AvgIpc) is 3.08. The summed E-state index contributed by atoms with van der Waals surface area (Å²) in [6.07, 6.45) is 3.75. The van der Waals surface area contributed by atoms with Crippen LogP contribution in [0.5, 0.6) is 0 Å². The molecule has 0 aromatic carbocycles. The number of Topliss-reactive ketones (excluding diaryl/α,β-unsaturated/α-hetero) is 1. The van der Waals surface area contributed by atoms with Crippen LogP contribution < -0.4 is 0 Å². The summed E-state index contributed by atoms with van der Waals surface area (Å²) < 4.78 is 11.2.